The summed E-state index contributed by atoms with van der Waals surface area (Å²) in [6.45, 7) is 0.182. The summed E-state index contributed by atoms with van der Waals surface area (Å²) in [6.07, 6.45) is 1.76. The summed E-state index contributed by atoms with van der Waals surface area (Å²) in [5, 5.41) is 0. The number of amides is 1. The lowest BCUT2D eigenvalue weighted by atomic mass is 10.1. The van der Waals surface area contributed by atoms with Gasteiger partial charge in [0.05, 0.1) is 18.7 Å². The molecule has 94 valence electrons. The Bertz CT molecular complexity index is 620. The van der Waals surface area contributed by atoms with Crippen molar-refractivity contribution in [2.75, 3.05) is 11.4 Å². The summed E-state index contributed by atoms with van der Waals surface area (Å²) < 4.78 is 0. The summed E-state index contributed by atoms with van der Waals surface area (Å²) in [4.78, 5) is 28.7. The lowest BCUT2D eigenvalue weighted by molar-refractivity contribution is -0.121. The van der Waals surface area contributed by atoms with E-state index in [1.54, 1.807) is 6.20 Å². The van der Waals surface area contributed by atoms with Gasteiger partial charge in [-0.1, -0.05) is 18.2 Å². The second-order valence-corrected chi connectivity index (χ2v) is 4.46. The molecule has 0 radical (unpaired) electrons. The molecule has 19 heavy (non-hydrogen) atoms. The third-order valence-electron chi connectivity index (χ3n) is 3.12. The molecule has 1 aromatic carbocycles. The minimum absolute atomic E-state index is 0.0159. The van der Waals surface area contributed by atoms with Crippen LogP contribution < -0.4 is 4.90 Å². The lowest BCUT2D eigenvalue weighted by Crippen LogP contribution is -2.24. The van der Waals surface area contributed by atoms with E-state index < -0.39 is 0 Å². The van der Waals surface area contributed by atoms with Gasteiger partial charge >= 0.3 is 0 Å². The Morgan fingerprint density at radius 1 is 1.00 bits per heavy atom. The standard InChI is InChI=1S/C15H12N2O2/c18-13-9-15(19)17(10-13)12-6-4-11(5-7-12)14-3-1-2-8-16-14/h1-8H,9-10H2. The lowest BCUT2D eigenvalue weighted by Gasteiger charge is -2.14. The van der Waals surface area contributed by atoms with Crippen LogP contribution in [0.5, 0.6) is 0 Å². The highest BCUT2D eigenvalue weighted by atomic mass is 16.2. The highest BCUT2D eigenvalue weighted by Crippen LogP contribution is 2.23. The molecule has 1 saturated heterocycles. The van der Waals surface area contributed by atoms with E-state index in [0.717, 1.165) is 16.9 Å². The Balaban J connectivity index is 1.87. The minimum Gasteiger partial charge on any atom is -0.305 e. The molecule has 0 bridgehead atoms. The Morgan fingerprint density at radius 2 is 1.79 bits per heavy atom. The summed E-state index contributed by atoms with van der Waals surface area (Å²) in [5.74, 6) is -0.158. The number of ketones is 1. The first-order valence-electron chi connectivity index (χ1n) is 6.07. The smallest absolute Gasteiger partial charge is 0.234 e. The predicted molar refractivity (Wildman–Crippen MR) is 71.7 cm³/mol. The van der Waals surface area contributed by atoms with Crippen molar-refractivity contribution in [3.05, 3.63) is 48.7 Å². The van der Waals surface area contributed by atoms with Crippen molar-refractivity contribution in [2.24, 2.45) is 0 Å². The van der Waals surface area contributed by atoms with Crippen molar-refractivity contribution in [3.8, 4) is 11.3 Å². The molecule has 0 aliphatic carbocycles. The number of rotatable bonds is 2. The van der Waals surface area contributed by atoms with Gasteiger partial charge in [0.15, 0.2) is 5.78 Å². The van der Waals surface area contributed by atoms with Gasteiger partial charge in [-0.25, -0.2) is 0 Å². The maximum atomic E-state index is 11.6. The van der Waals surface area contributed by atoms with Gasteiger partial charge in [0, 0.05) is 17.4 Å². The number of anilines is 1. The fraction of sp³-hybridized carbons (Fsp3) is 0.133. The number of Topliss-reactive ketones (excluding diaryl/α,β-unsaturated/α-hetero) is 1. The van der Waals surface area contributed by atoms with Crippen LogP contribution in [0.25, 0.3) is 11.3 Å². The van der Waals surface area contributed by atoms with E-state index in [1.165, 1.54) is 4.90 Å². The molecule has 1 fully saturated rings. The van der Waals surface area contributed by atoms with E-state index in [1.807, 2.05) is 42.5 Å². The van der Waals surface area contributed by atoms with E-state index >= 15 is 0 Å². The molecule has 1 amide bonds. The van der Waals surface area contributed by atoms with Crippen LogP contribution in [-0.2, 0) is 9.59 Å². The van der Waals surface area contributed by atoms with Crippen molar-refractivity contribution in [3.63, 3.8) is 0 Å². The molecule has 0 atom stereocenters. The van der Waals surface area contributed by atoms with Gasteiger partial charge in [0.1, 0.15) is 0 Å². The number of aromatic nitrogens is 1. The molecule has 1 aliphatic heterocycles. The summed E-state index contributed by atoms with van der Waals surface area (Å²) in [5.41, 5.74) is 2.63. The molecule has 1 aromatic heterocycles. The third kappa shape index (κ3) is 2.25. The summed E-state index contributed by atoms with van der Waals surface area (Å²) in [7, 11) is 0. The van der Waals surface area contributed by atoms with Crippen molar-refractivity contribution in [2.45, 2.75) is 6.42 Å². The zero-order valence-corrected chi connectivity index (χ0v) is 10.2. The van der Waals surface area contributed by atoms with Crippen LogP contribution in [0.3, 0.4) is 0 Å². The first-order valence-corrected chi connectivity index (χ1v) is 6.07. The van der Waals surface area contributed by atoms with E-state index in [4.69, 9.17) is 0 Å². The van der Waals surface area contributed by atoms with Crippen LogP contribution in [0.15, 0.2) is 48.7 Å². The van der Waals surface area contributed by atoms with Gasteiger partial charge in [-0.3, -0.25) is 14.6 Å². The fourth-order valence-corrected chi connectivity index (χ4v) is 2.17. The molecule has 2 aromatic rings. The predicted octanol–water partition coefficient (Wildman–Crippen LogP) is 2.05. The van der Waals surface area contributed by atoms with Crippen molar-refractivity contribution in [1.82, 2.24) is 4.98 Å². The second kappa shape index (κ2) is 4.65. The fourth-order valence-electron chi connectivity index (χ4n) is 2.17. The van der Waals surface area contributed by atoms with Gasteiger partial charge in [0.25, 0.3) is 0 Å². The number of carbonyl (C=O) groups excluding carboxylic acids is 2. The maximum absolute atomic E-state index is 11.6. The Morgan fingerprint density at radius 3 is 2.37 bits per heavy atom. The highest BCUT2D eigenvalue weighted by molar-refractivity contribution is 6.15. The van der Waals surface area contributed by atoms with E-state index in [0.29, 0.717) is 0 Å². The van der Waals surface area contributed by atoms with Crippen molar-refractivity contribution in [1.29, 1.82) is 0 Å². The Kier molecular flexibility index (Phi) is 2.83. The van der Waals surface area contributed by atoms with E-state index in [-0.39, 0.29) is 24.7 Å². The highest BCUT2D eigenvalue weighted by Gasteiger charge is 2.28. The molecule has 0 spiro atoms. The van der Waals surface area contributed by atoms with Crippen LogP contribution in [0, 0.1) is 0 Å². The number of benzene rings is 1. The average molecular weight is 252 g/mol. The van der Waals surface area contributed by atoms with E-state index in [9.17, 15) is 9.59 Å². The van der Waals surface area contributed by atoms with Crippen molar-refractivity contribution < 1.29 is 9.59 Å². The molecule has 0 unspecified atom stereocenters. The molecule has 3 rings (SSSR count). The molecule has 4 nitrogen and oxygen atoms in total. The largest absolute Gasteiger partial charge is 0.305 e. The Hall–Kier alpha value is -2.49. The molecular weight excluding hydrogens is 240 g/mol. The third-order valence-corrected chi connectivity index (χ3v) is 3.12. The number of pyridine rings is 1. The molecule has 2 heterocycles. The number of hydrogen-bond donors (Lipinski definition) is 0. The quantitative estimate of drug-likeness (QED) is 0.769. The van der Waals surface area contributed by atoms with E-state index in [2.05, 4.69) is 4.98 Å². The summed E-state index contributed by atoms with van der Waals surface area (Å²) in [6, 6.07) is 13.2. The normalized spacial score (nSPS) is 15.1. The molecule has 4 heteroatoms. The summed E-state index contributed by atoms with van der Waals surface area (Å²) >= 11 is 0. The van der Waals surface area contributed by atoms with Gasteiger partial charge in [-0.15, -0.1) is 0 Å². The molecular formula is C15H12N2O2. The number of carbonyl (C=O) groups is 2. The average Bonchev–Trinajstić information content (AvgIpc) is 2.79. The molecule has 0 saturated carbocycles. The second-order valence-electron chi connectivity index (χ2n) is 4.46. The van der Waals surface area contributed by atoms with Gasteiger partial charge in [-0.2, -0.15) is 0 Å². The SMILES string of the molecule is O=C1CC(=O)N(c2ccc(-c3ccccn3)cc2)C1. The van der Waals surface area contributed by atoms with Gasteiger partial charge in [0.2, 0.25) is 5.91 Å². The zero-order chi connectivity index (χ0) is 13.2. The van der Waals surface area contributed by atoms with Crippen LogP contribution in [0.4, 0.5) is 5.69 Å². The first kappa shape index (κ1) is 11.6. The topological polar surface area (TPSA) is 50.3 Å². The molecule has 0 N–H and O–H groups in total. The number of hydrogen-bond acceptors (Lipinski definition) is 3. The van der Waals surface area contributed by atoms with Crippen molar-refractivity contribution >= 4 is 17.4 Å². The monoisotopic (exact) mass is 252 g/mol. The Labute approximate surface area is 110 Å². The zero-order valence-electron chi connectivity index (χ0n) is 10.2. The maximum Gasteiger partial charge on any atom is 0.234 e. The minimum atomic E-state index is -0.129. The van der Waals surface area contributed by atoms with Crippen LogP contribution in [0.2, 0.25) is 0 Å². The van der Waals surface area contributed by atoms with Crippen LogP contribution in [-0.4, -0.2) is 23.2 Å². The van der Waals surface area contributed by atoms with Crippen LogP contribution in [0.1, 0.15) is 6.42 Å². The van der Waals surface area contributed by atoms with Gasteiger partial charge < -0.3 is 4.90 Å². The van der Waals surface area contributed by atoms with Crippen LogP contribution >= 0.6 is 0 Å². The first-order chi connectivity index (χ1) is 9.24. The molecule has 1 aliphatic rings. The van der Waals surface area contributed by atoms with Gasteiger partial charge in [-0.05, 0) is 24.3 Å². The number of nitrogens with zero attached hydrogens (tertiary/aromatic N) is 2.